The van der Waals surface area contributed by atoms with Crippen molar-refractivity contribution in [2.24, 2.45) is 0 Å². The van der Waals surface area contributed by atoms with E-state index >= 15 is 0 Å². The topological polar surface area (TPSA) is 71.7 Å². The number of rotatable bonds is 6. The van der Waals surface area contributed by atoms with E-state index < -0.39 is 5.97 Å². The third kappa shape index (κ3) is 3.67. The number of hydrogen-bond acceptors (Lipinski definition) is 5. The highest BCUT2D eigenvalue weighted by atomic mass is 16.5. The number of carbonyl (C=O) groups excluding carboxylic acids is 1. The van der Waals surface area contributed by atoms with Gasteiger partial charge in [0.25, 0.3) is 0 Å². The van der Waals surface area contributed by atoms with E-state index in [9.17, 15) is 4.79 Å². The van der Waals surface area contributed by atoms with Crippen molar-refractivity contribution in [3.63, 3.8) is 0 Å². The summed E-state index contributed by atoms with van der Waals surface area (Å²) in [6.45, 7) is 4.46. The molecule has 1 atom stereocenters. The Morgan fingerprint density at radius 1 is 1.62 bits per heavy atom. The van der Waals surface area contributed by atoms with Crippen molar-refractivity contribution in [3.05, 3.63) is 23.7 Å². The van der Waals surface area contributed by atoms with Crippen LogP contribution in [0, 0.1) is 0 Å². The zero-order valence-electron chi connectivity index (χ0n) is 9.53. The molecule has 0 aromatic carbocycles. The zero-order valence-corrected chi connectivity index (χ0v) is 9.53. The molecule has 1 aromatic heterocycles. The number of hydrogen-bond donors (Lipinski definition) is 2. The van der Waals surface area contributed by atoms with Gasteiger partial charge < -0.3 is 19.6 Å². The average Bonchev–Trinajstić information content (AvgIpc) is 2.75. The smallest absolute Gasteiger partial charge is 0.374 e. The van der Waals surface area contributed by atoms with Crippen molar-refractivity contribution in [1.82, 2.24) is 5.32 Å². The molecule has 1 aromatic rings. The maximum Gasteiger partial charge on any atom is 0.374 e. The molecule has 0 aliphatic heterocycles. The molecule has 0 aliphatic carbocycles. The summed E-state index contributed by atoms with van der Waals surface area (Å²) in [5.41, 5.74) is 0. The van der Waals surface area contributed by atoms with E-state index in [1.54, 1.807) is 19.1 Å². The Kier molecular flexibility index (Phi) is 5.01. The molecule has 5 heteroatoms. The second-order valence-electron chi connectivity index (χ2n) is 3.45. The van der Waals surface area contributed by atoms with Crippen molar-refractivity contribution >= 4 is 5.97 Å². The lowest BCUT2D eigenvalue weighted by molar-refractivity contribution is 0.0487. The van der Waals surface area contributed by atoms with Gasteiger partial charge in [-0.2, -0.15) is 0 Å². The van der Waals surface area contributed by atoms with Gasteiger partial charge in [0.2, 0.25) is 5.76 Å². The van der Waals surface area contributed by atoms with Crippen LogP contribution in [0.15, 0.2) is 16.5 Å². The summed E-state index contributed by atoms with van der Waals surface area (Å²) in [7, 11) is 0. The fourth-order valence-electron chi connectivity index (χ4n) is 1.12. The largest absolute Gasteiger partial charge is 0.460 e. The highest BCUT2D eigenvalue weighted by molar-refractivity contribution is 5.86. The Morgan fingerprint density at radius 2 is 2.38 bits per heavy atom. The number of aliphatic hydroxyl groups is 1. The van der Waals surface area contributed by atoms with Crippen molar-refractivity contribution < 1.29 is 19.1 Å². The molecule has 16 heavy (non-hydrogen) atoms. The van der Waals surface area contributed by atoms with Gasteiger partial charge in [-0.25, -0.2) is 4.79 Å². The fourth-order valence-corrected chi connectivity index (χ4v) is 1.12. The number of aliphatic hydroxyl groups excluding tert-OH is 1. The second-order valence-corrected chi connectivity index (χ2v) is 3.45. The average molecular weight is 227 g/mol. The second kappa shape index (κ2) is 6.30. The van der Waals surface area contributed by atoms with Gasteiger partial charge in [-0.15, -0.1) is 0 Å². The van der Waals surface area contributed by atoms with Gasteiger partial charge in [0, 0.05) is 6.04 Å². The normalized spacial score (nSPS) is 12.4. The number of furan rings is 1. The van der Waals surface area contributed by atoms with E-state index in [0.29, 0.717) is 18.9 Å². The van der Waals surface area contributed by atoms with E-state index in [1.807, 2.05) is 6.92 Å². The van der Waals surface area contributed by atoms with E-state index in [4.69, 9.17) is 14.3 Å². The maximum atomic E-state index is 11.3. The summed E-state index contributed by atoms with van der Waals surface area (Å²) in [5, 5.41) is 11.8. The first-order chi connectivity index (χ1) is 7.67. The van der Waals surface area contributed by atoms with E-state index in [-0.39, 0.29) is 18.4 Å². The number of ether oxygens (including phenoxy) is 1. The van der Waals surface area contributed by atoms with Crippen molar-refractivity contribution in [1.29, 1.82) is 0 Å². The molecule has 0 saturated carbocycles. The summed E-state index contributed by atoms with van der Waals surface area (Å²) in [5.74, 6) is 0.391. The Hall–Kier alpha value is -1.33. The minimum Gasteiger partial charge on any atom is -0.460 e. The van der Waals surface area contributed by atoms with Crippen LogP contribution in [0.3, 0.4) is 0 Å². The molecule has 0 amide bonds. The zero-order chi connectivity index (χ0) is 12.0. The fraction of sp³-hybridized carbons (Fsp3) is 0.545. The highest BCUT2D eigenvalue weighted by Crippen LogP contribution is 2.09. The molecule has 0 bridgehead atoms. The van der Waals surface area contributed by atoms with Crippen molar-refractivity contribution in [3.8, 4) is 0 Å². The first kappa shape index (κ1) is 12.7. The lowest BCUT2D eigenvalue weighted by atomic mass is 10.3. The van der Waals surface area contributed by atoms with Gasteiger partial charge in [-0.1, -0.05) is 0 Å². The Labute approximate surface area is 94.4 Å². The Balaban J connectivity index is 2.48. The Bertz CT molecular complexity index is 334. The summed E-state index contributed by atoms with van der Waals surface area (Å²) in [6, 6.07) is 3.29. The van der Waals surface area contributed by atoms with Crippen LogP contribution in [0.5, 0.6) is 0 Å². The summed E-state index contributed by atoms with van der Waals surface area (Å²) in [6.07, 6.45) is 0. The van der Waals surface area contributed by atoms with Gasteiger partial charge in [-0.3, -0.25) is 0 Å². The monoisotopic (exact) mass is 227 g/mol. The van der Waals surface area contributed by atoms with Crippen molar-refractivity contribution in [2.45, 2.75) is 26.4 Å². The molecular formula is C11H17NO4. The minimum atomic E-state index is -0.455. The van der Waals surface area contributed by atoms with Gasteiger partial charge in [0.05, 0.1) is 19.8 Å². The molecule has 0 fully saturated rings. The third-order valence-corrected chi connectivity index (χ3v) is 2.04. The molecule has 0 spiro atoms. The molecule has 0 saturated heterocycles. The minimum absolute atomic E-state index is 0.00357. The molecule has 90 valence electrons. The molecule has 0 unspecified atom stereocenters. The molecule has 0 aliphatic rings. The van der Waals surface area contributed by atoms with E-state index in [1.165, 1.54) is 0 Å². The predicted molar refractivity (Wildman–Crippen MR) is 58.1 cm³/mol. The van der Waals surface area contributed by atoms with Crippen LogP contribution < -0.4 is 5.32 Å². The summed E-state index contributed by atoms with van der Waals surface area (Å²) in [4.78, 5) is 11.3. The quantitative estimate of drug-likeness (QED) is 0.707. The molecule has 5 nitrogen and oxygen atoms in total. The van der Waals surface area contributed by atoms with Crippen LogP contribution in [-0.4, -0.2) is 30.3 Å². The summed E-state index contributed by atoms with van der Waals surface area (Å²) >= 11 is 0. The van der Waals surface area contributed by atoms with Crippen molar-refractivity contribution in [2.75, 3.05) is 13.2 Å². The highest BCUT2D eigenvalue weighted by Gasteiger charge is 2.12. The molecule has 0 radical (unpaired) electrons. The van der Waals surface area contributed by atoms with E-state index in [2.05, 4.69) is 5.32 Å². The van der Waals surface area contributed by atoms with Crippen LogP contribution in [0.1, 0.15) is 30.2 Å². The lowest BCUT2D eigenvalue weighted by Crippen LogP contribution is -2.28. The first-order valence-electron chi connectivity index (χ1n) is 5.27. The summed E-state index contributed by atoms with van der Waals surface area (Å²) < 4.78 is 10.1. The third-order valence-electron chi connectivity index (χ3n) is 2.04. The molecular weight excluding hydrogens is 210 g/mol. The van der Waals surface area contributed by atoms with E-state index in [0.717, 1.165) is 0 Å². The predicted octanol–water partition coefficient (Wildman–Crippen LogP) is 0.927. The van der Waals surface area contributed by atoms with Gasteiger partial charge >= 0.3 is 5.97 Å². The van der Waals surface area contributed by atoms with Crippen LogP contribution in [0.4, 0.5) is 0 Å². The Morgan fingerprint density at radius 3 is 3.00 bits per heavy atom. The molecule has 2 N–H and O–H groups in total. The van der Waals surface area contributed by atoms with Gasteiger partial charge in [0.1, 0.15) is 5.76 Å². The number of nitrogens with one attached hydrogen (secondary N) is 1. The maximum absolute atomic E-state index is 11.3. The number of esters is 1. The van der Waals surface area contributed by atoms with Crippen LogP contribution in [0.25, 0.3) is 0 Å². The van der Waals surface area contributed by atoms with Crippen LogP contribution >= 0.6 is 0 Å². The molecule has 1 rings (SSSR count). The SMILES string of the molecule is CCOC(=O)c1ccc(CN[C@@H](C)CO)o1. The number of carbonyl (C=O) groups is 1. The standard InChI is InChI=1S/C11H17NO4/c1-3-15-11(14)10-5-4-9(16-10)6-12-8(2)7-13/h4-5,8,12-13H,3,6-7H2,1-2H3/t8-/m0/s1. The first-order valence-corrected chi connectivity index (χ1v) is 5.27. The molecule has 1 heterocycles. The lowest BCUT2D eigenvalue weighted by Gasteiger charge is -2.08. The van der Waals surface area contributed by atoms with Crippen LogP contribution in [-0.2, 0) is 11.3 Å². The van der Waals surface area contributed by atoms with Crippen LogP contribution in [0.2, 0.25) is 0 Å². The van der Waals surface area contributed by atoms with Gasteiger partial charge in [-0.05, 0) is 26.0 Å². The van der Waals surface area contributed by atoms with Gasteiger partial charge in [0.15, 0.2) is 0 Å².